The molecule has 0 saturated heterocycles. The summed E-state index contributed by atoms with van der Waals surface area (Å²) in [4.78, 5) is 4.30. The smallest absolute Gasteiger partial charge is 0.125 e. The van der Waals surface area contributed by atoms with Crippen LogP contribution in [0.25, 0.3) is 0 Å². The zero-order chi connectivity index (χ0) is 12.1. The number of amidine groups is 1. The van der Waals surface area contributed by atoms with Crippen LogP contribution in [0.5, 0.6) is 0 Å². The maximum Gasteiger partial charge on any atom is 0.125 e. The number of nitrogens with two attached hydrogens (primary N) is 1. The molecule has 1 heterocycles. The van der Waals surface area contributed by atoms with Crippen LogP contribution in [0.1, 0.15) is 31.4 Å². The maximum atomic E-state index is 7.56. The minimum atomic E-state index is 0.109. The van der Waals surface area contributed by atoms with E-state index in [0.717, 1.165) is 28.3 Å². The highest BCUT2D eigenvalue weighted by atomic mass is 32.2. The molecule has 0 atom stereocenters. The van der Waals surface area contributed by atoms with Crippen molar-refractivity contribution in [1.82, 2.24) is 4.98 Å². The molecule has 0 aliphatic rings. The lowest BCUT2D eigenvalue weighted by molar-refractivity contribution is 0.632. The molecule has 3 N–H and O–H groups in total. The molecule has 1 aromatic heterocycles. The molecule has 0 fully saturated rings. The summed E-state index contributed by atoms with van der Waals surface area (Å²) in [6.07, 6.45) is 2.93. The monoisotopic (exact) mass is 237 g/mol. The summed E-state index contributed by atoms with van der Waals surface area (Å²) in [5.41, 5.74) is 7.39. The van der Waals surface area contributed by atoms with Crippen LogP contribution in [-0.2, 0) is 0 Å². The van der Waals surface area contributed by atoms with E-state index in [0.29, 0.717) is 5.92 Å². The molecule has 0 bridgehead atoms. The van der Waals surface area contributed by atoms with Crippen LogP contribution in [0, 0.1) is 18.3 Å². The van der Waals surface area contributed by atoms with Crippen molar-refractivity contribution in [2.24, 2.45) is 11.7 Å². The molecular weight excluding hydrogens is 218 g/mol. The normalized spacial score (nSPS) is 10.8. The van der Waals surface area contributed by atoms with Gasteiger partial charge in [-0.2, -0.15) is 0 Å². The second-order valence-electron chi connectivity index (χ2n) is 4.25. The summed E-state index contributed by atoms with van der Waals surface area (Å²) < 4.78 is 0. The Kier molecular flexibility index (Phi) is 4.80. The van der Waals surface area contributed by atoms with Gasteiger partial charge in [0.2, 0.25) is 0 Å². The van der Waals surface area contributed by atoms with Crippen molar-refractivity contribution in [2.45, 2.75) is 32.2 Å². The number of aryl methyl sites for hydroxylation is 1. The summed E-state index contributed by atoms with van der Waals surface area (Å²) in [5.74, 6) is 1.82. The molecule has 16 heavy (non-hydrogen) atoms. The van der Waals surface area contributed by atoms with Gasteiger partial charge in [-0.25, -0.2) is 4.98 Å². The number of pyridine rings is 1. The Morgan fingerprint density at radius 3 is 2.81 bits per heavy atom. The summed E-state index contributed by atoms with van der Waals surface area (Å²) >= 11 is 1.69. The quantitative estimate of drug-likeness (QED) is 0.470. The van der Waals surface area contributed by atoms with E-state index >= 15 is 0 Å². The van der Waals surface area contributed by atoms with Crippen molar-refractivity contribution in [3.05, 3.63) is 23.4 Å². The average Bonchev–Trinajstić information content (AvgIpc) is 2.16. The fraction of sp³-hybridized carbons (Fsp3) is 0.500. The van der Waals surface area contributed by atoms with Crippen molar-refractivity contribution in [3.8, 4) is 0 Å². The molecule has 0 unspecified atom stereocenters. The molecule has 1 aromatic rings. The maximum absolute atomic E-state index is 7.56. The largest absolute Gasteiger partial charge is 0.384 e. The number of nitrogen functional groups attached to an aromatic ring is 1. The van der Waals surface area contributed by atoms with E-state index < -0.39 is 0 Å². The number of rotatable bonds is 5. The Labute approximate surface area is 101 Å². The van der Waals surface area contributed by atoms with E-state index in [4.69, 9.17) is 11.1 Å². The zero-order valence-electron chi connectivity index (χ0n) is 10.1. The molecule has 0 spiro atoms. The summed E-state index contributed by atoms with van der Waals surface area (Å²) in [6.45, 7) is 6.37. The molecule has 0 amide bonds. The topological polar surface area (TPSA) is 62.8 Å². The molecule has 0 aliphatic carbocycles. The van der Waals surface area contributed by atoms with Crippen molar-refractivity contribution < 1.29 is 0 Å². The fourth-order valence-corrected chi connectivity index (χ4v) is 2.69. The van der Waals surface area contributed by atoms with Gasteiger partial charge in [-0.1, -0.05) is 13.8 Å². The first-order valence-corrected chi connectivity index (χ1v) is 6.43. The van der Waals surface area contributed by atoms with E-state index in [1.54, 1.807) is 18.0 Å². The lowest BCUT2D eigenvalue weighted by Gasteiger charge is -2.10. The van der Waals surface area contributed by atoms with E-state index in [1.807, 2.05) is 13.0 Å². The van der Waals surface area contributed by atoms with Gasteiger partial charge in [0.15, 0.2) is 0 Å². The lowest BCUT2D eigenvalue weighted by Crippen LogP contribution is -2.15. The van der Waals surface area contributed by atoms with Gasteiger partial charge in [0, 0.05) is 6.20 Å². The molecule has 4 heteroatoms. The van der Waals surface area contributed by atoms with E-state index in [2.05, 4.69) is 18.8 Å². The van der Waals surface area contributed by atoms with Gasteiger partial charge in [-0.3, -0.25) is 5.41 Å². The molecule has 0 aliphatic heterocycles. The first-order chi connectivity index (χ1) is 7.52. The van der Waals surface area contributed by atoms with Crippen LogP contribution < -0.4 is 5.73 Å². The summed E-state index contributed by atoms with van der Waals surface area (Å²) in [5, 5.41) is 8.44. The first-order valence-electron chi connectivity index (χ1n) is 5.45. The number of hydrogen-bond acceptors (Lipinski definition) is 3. The molecule has 0 saturated carbocycles. The van der Waals surface area contributed by atoms with E-state index in [1.165, 1.54) is 0 Å². The Morgan fingerprint density at radius 1 is 1.56 bits per heavy atom. The minimum absolute atomic E-state index is 0.109. The molecule has 0 aromatic carbocycles. The highest BCUT2D eigenvalue weighted by molar-refractivity contribution is 7.99. The van der Waals surface area contributed by atoms with Crippen molar-refractivity contribution in [1.29, 1.82) is 5.41 Å². The predicted octanol–water partition coefficient (Wildman–Crippen LogP) is 2.81. The van der Waals surface area contributed by atoms with Gasteiger partial charge in [0.1, 0.15) is 10.9 Å². The van der Waals surface area contributed by atoms with Gasteiger partial charge < -0.3 is 5.73 Å². The third-order valence-corrected chi connectivity index (χ3v) is 3.35. The number of nitrogens with zero attached hydrogens (tertiary/aromatic N) is 1. The van der Waals surface area contributed by atoms with E-state index in [-0.39, 0.29) is 5.84 Å². The van der Waals surface area contributed by atoms with Crippen LogP contribution >= 0.6 is 11.8 Å². The number of hydrogen-bond donors (Lipinski definition) is 2. The van der Waals surface area contributed by atoms with Crippen LogP contribution in [-0.4, -0.2) is 16.6 Å². The van der Waals surface area contributed by atoms with Crippen LogP contribution in [0.3, 0.4) is 0 Å². The Morgan fingerprint density at radius 2 is 2.25 bits per heavy atom. The fourth-order valence-electron chi connectivity index (χ4n) is 1.36. The first kappa shape index (κ1) is 13.0. The predicted molar refractivity (Wildman–Crippen MR) is 70.2 cm³/mol. The third-order valence-electron chi connectivity index (χ3n) is 2.33. The zero-order valence-corrected chi connectivity index (χ0v) is 10.9. The van der Waals surface area contributed by atoms with Crippen molar-refractivity contribution >= 4 is 17.6 Å². The number of nitrogens with one attached hydrogen (secondary N) is 1. The van der Waals surface area contributed by atoms with E-state index in [9.17, 15) is 0 Å². The van der Waals surface area contributed by atoms with Gasteiger partial charge in [0.25, 0.3) is 0 Å². The highest BCUT2D eigenvalue weighted by Gasteiger charge is 2.10. The molecule has 3 nitrogen and oxygen atoms in total. The van der Waals surface area contributed by atoms with Crippen LogP contribution in [0.2, 0.25) is 0 Å². The Bertz CT molecular complexity index is 375. The minimum Gasteiger partial charge on any atom is -0.384 e. The molecular formula is C12H19N3S. The highest BCUT2D eigenvalue weighted by Crippen LogP contribution is 2.24. The molecule has 1 rings (SSSR count). The second kappa shape index (κ2) is 5.89. The van der Waals surface area contributed by atoms with Crippen molar-refractivity contribution in [2.75, 3.05) is 5.75 Å². The SMILES string of the molecule is Cc1ccnc(SCCC(C)C)c1C(=N)N. The van der Waals surface area contributed by atoms with Gasteiger partial charge in [-0.15, -0.1) is 11.8 Å². The number of thioether (sulfide) groups is 1. The summed E-state index contributed by atoms with van der Waals surface area (Å²) in [7, 11) is 0. The summed E-state index contributed by atoms with van der Waals surface area (Å²) in [6, 6.07) is 1.89. The second-order valence-corrected chi connectivity index (χ2v) is 5.34. The van der Waals surface area contributed by atoms with Gasteiger partial charge in [0.05, 0.1) is 5.56 Å². The lowest BCUT2D eigenvalue weighted by atomic mass is 10.1. The van der Waals surface area contributed by atoms with Crippen molar-refractivity contribution in [3.63, 3.8) is 0 Å². The number of aromatic nitrogens is 1. The van der Waals surface area contributed by atoms with Gasteiger partial charge in [-0.05, 0) is 36.6 Å². The van der Waals surface area contributed by atoms with Crippen LogP contribution in [0.4, 0.5) is 0 Å². The third kappa shape index (κ3) is 3.52. The average molecular weight is 237 g/mol. The molecule has 88 valence electrons. The van der Waals surface area contributed by atoms with Crippen LogP contribution in [0.15, 0.2) is 17.3 Å². The van der Waals surface area contributed by atoms with Gasteiger partial charge >= 0.3 is 0 Å². The Hall–Kier alpha value is -1.03. The Balaban J connectivity index is 2.79. The standard InChI is InChI=1S/C12H19N3S/c1-8(2)5-7-16-12-10(11(13)14)9(3)4-6-15-12/h4,6,8H,5,7H2,1-3H3,(H3,13,14). The molecule has 0 radical (unpaired) electrons.